The summed E-state index contributed by atoms with van der Waals surface area (Å²) in [6.07, 6.45) is 2.44. The Labute approximate surface area is 184 Å². The smallest absolute Gasteiger partial charge is 0.161 e. The lowest BCUT2D eigenvalue weighted by Gasteiger charge is -2.34. The predicted molar refractivity (Wildman–Crippen MR) is 125 cm³/mol. The van der Waals surface area contributed by atoms with Crippen LogP contribution in [0.5, 0.6) is 0 Å². The monoisotopic (exact) mass is 411 g/mol. The lowest BCUT2D eigenvalue weighted by atomic mass is 9.76. The van der Waals surface area contributed by atoms with Crippen molar-refractivity contribution in [2.24, 2.45) is 0 Å². The molecule has 2 aliphatic rings. The molecule has 158 valence electrons. The molecule has 0 fully saturated rings. The van der Waals surface area contributed by atoms with E-state index in [1.807, 2.05) is 6.07 Å². The molecule has 0 amide bonds. The highest BCUT2D eigenvalue weighted by Gasteiger charge is 2.39. The standard InChI is InChI=1S/C27H29N3O/c1-17-23-24(20-15-13-19(14-16-20)18-9-6-5-7-10-18)25-21(11-8-12-22(25)31)28-26(23)30(29-17)27(2,3)4/h5-7,9-10,13-16,24,28H,8,11-12H2,1-4H3/t24-/m1/s1. The summed E-state index contributed by atoms with van der Waals surface area (Å²) in [4.78, 5) is 13.1. The molecule has 1 aromatic heterocycles. The van der Waals surface area contributed by atoms with Crippen LogP contribution in [0.3, 0.4) is 0 Å². The highest BCUT2D eigenvalue weighted by atomic mass is 16.1. The van der Waals surface area contributed by atoms with Crippen molar-refractivity contribution in [1.82, 2.24) is 9.78 Å². The number of carbonyl (C=O) groups excluding carboxylic acids is 1. The summed E-state index contributed by atoms with van der Waals surface area (Å²) in [6.45, 7) is 8.57. The molecule has 4 heteroatoms. The Morgan fingerprint density at radius 1 is 0.968 bits per heavy atom. The number of nitrogens with one attached hydrogen (secondary N) is 1. The molecule has 2 heterocycles. The summed E-state index contributed by atoms with van der Waals surface area (Å²) < 4.78 is 2.09. The number of ketones is 1. The average molecular weight is 412 g/mol. The minimum atomic E-state index is -0.149. The summed E-state index contributed by atoms with van der Waals surface area (Å²) in [5.74, 6) is 1.23. The van der Waals surface area contributed by atoms with Crippen molar-refractivity contribution in [2.45, 2.75) is 58.4 Å². The van der Waals surface area contributed by atoms with Crippen LogP contribution in [-0.2, 0) is 10.3 Å². The number of allylic oxidation sites excluding steroid dienone is 2. The molecule has 2 aromatic carbocycles. The first kappa shape index (κ1) is 19.8. The maximum Gasteiger partial charge on any atom is 0.161 e. The maximum absolute atomic E-state index is 13.1. The molecular formula is C27H29N3O. The third kappa shape index (κ3) is 3.31. The van der Waals surface area contributed by atoms with Crippen molar-refractivity contribution in [1.29, 1.82) is 0 Å². The lowest BCUT2D eigenvalue weighted by molar-refractivity contribution is -0.116. The molecule has 5 rings (SSSR count). The number of rotatable bonds is 2. The highest BCUT2D eigenvalue weighted by molar-refractivity contribution is 6.01. The van der Waals surface area contributed by atoms with E-state index >= 15 is 0 Å². The van der Waals surface area contributed by atoms with Crippen molar-refractivity contribution in [3.63, 3.8) is 0 Å². The van der Waals surface area contributed by atoms with E-state index in [9.17, 15) is 4.79 Å². The molecule has 0 radical (unpaired) electrons. The molecule has 31 heavy (non-hydrogen) atoms. The third-order valence-corrected chi connectivity index (χ3v) is 6.40. The number of nitrogens with zero attached hydrogens (tertiary/aromatic N) is 2. The van der Waals surface area contributed by atoms with Gasteiger partial charge in [-0.3, -0.25) is 4.79 Å². The van der Waals surface area contributed by atoms with Crippen LogP contribution >= 0.6 is 0 Å². The Morgan fingerprint density at radius 3 is 2.32 bits per heavy atom. The van der Waals surface area contributed by atoms with Crippen LogP contribution in [0.15, 0.2) is 65.9 Å². The van der Waals surface area contributed by atoms with Crippen molar-refractivity contribution in [2.75, 3.05) is 5.32 Å². The van der Waals surface area contributed by atoms with Crippen LogP contribution in [0.2, 0.25) is 0 Å². The molecule has 0 saturated carbocycles. The molecule has 1 atom stereocenters. The number of carbonyl (C=O) groups is 1. The van der Waals surface area contributed by atoms with E-state index in [0.29, 0.717) is 6.42 Å². The molecule has 0 saturated heterocycles. The Kier molecular flexibility index (Phi) is 4.62. The number of hydrogen-bond donors (Lipinski definition) is 1. The van der Waals surface area contributed by atoms with Gasteiger partial charge in [0.25, 0.3) is 0 Å². The topological polar surface area (TPSA) is 46.9 Å². The van der Waals surface area contributed by atoms with Crippen molar-refractivity contribution >= 4 is 11.6 Å². The van der Waals surface area contributed by atoms with Crippen LogP contribution in [0, 0.1) is 6.92 Å². The second-order valence-electron chi connectivity index (χ2n) is 9.65. The Balaban J connectivity index is 1.67. The van der Waals surface area contributed by atoms with Crippen LogP contribution in [0.4, 0.5) is 5.82 Å². The van der Waals surface area contributed by atoms with Crippen LogP contribution in [-0.4, -0.2) is 15.6 Å². The first-order valence-corrected chi connectivity index (χ1v) is 11.1. The summed E-state index contributed by atoms with van der Waals surface area (Å²) in [5.41, 5.74) is 7.52. The Bertz CT molecular complexity index is 1180. The first-order chi connectivity index (χ1) is 14.8. The van der Waals surface area contributed by atoms with Crippen LogP contribution in [0.25, 0.3) is 11.1 Å². The van der Waals surface area contributed by atoms with Gasteiger partial charge in [-0.1, -0.05) is 54.6 Å². The number of Topliss-reactive ketones (excluding diaryl/α,β-unsaturated/α-hetero) is 1. The predicted octanol–water partition coefficient (Wildman–Crippen LogP) is 6.18. The first-order valence-electron chi connectivity index (χ1n) is 11.1. The molecule has 0 unspecified atom stereocenters. The second kappa shape index (κ2) is 7.23. The normalized spacial score (nSPS) is 18.5. The van der Waals surface area contributed by atoms with Gasteiger partial charge in [0.05, 0.1) is 11.2 Å². The minimum absolute atomic E-state index is 0.0695. The van der Waals surface area contributed by atoms with E-state index in [1.165, 1.54) is 11.1 Å². The van der Waals surface area contributed by atoms with E-state index < -0.39 is 0 Å². The minimum Gasteiger partial charge on any atom is -0.343 e. The lowest BCUT2D eigenvalue weighted by Crippen LogP contribution is -2.30. The summed E-state index contributed by atoms with van der Waals surface area (Å²) in [5, 5.41) is 8.53. The fraction of sp³-hybridized carbons (Fsp3) is 0.333. The number of aromatic nitrogens is 2. The molecule has 1 N–H and O–H groups in total. The van der Waals surface area contributed by atoms with Gasteiger partial charge >= 0.3 is 0 Å². The zero-order valence-corrected chi connectivity index (χ0v) is 18.7. The summed E-state index contributed by atoms with van der Waals surface area (Å²) >= 11 is 0. The summed E-state index contributed by atoms with van der Waals surface area (Å²) in [6, 6.07) is 19.1. The molecule has 0 spiro atoms. The number of aryl methyl sites for hydroxylation is 1. The average Bonchev–Trinajstić information content (AvgIpc) is 3.10. The van der Waals surface area contributed by atoms with Gasteiger partial charge in [-0.25, -0.2) is 4.68 Å². The van der Waals surface area contributed by atoms with Crippen LogP contribution in [0.1, 0.15) is 62.8 Å². The zero-order valence-electron chi connectivity index (χ0n) is 18.7. The largest absolute Gasteiger partial charge is 0.343 e. The van der Waals surface area contributed by atoms with Gasteiger partial charge in [-0.15, -0.1) is 0 Å². The number of fused-ring (bicyclic) bond motifs is 1. The summed E-state index contributed by atoms with van der Waals surface area (Å²) in [7, 11) is 0. The third-order valence-electron chi connectivity index (χ3n) is 6.40. The van der Waals surface area contributed by atoms with E-state index in [4.69, 9.17) is 5.10 Å². The van der Waals surface area contributed by atoms with Gasteiger partial charge in [0, 0.05) is 29.2 Å². The molecule has 3 aromatic rings. The fourth-order valence-electron chi connectivity index (χ4n) is 4.94. The molecular weight excluding hydrogens is 382 g/mol. The van der Waals surface area contributed by atoms with Crippen LogP contribution < -0.4 is 5.32 Å². The Morgan fingerprint density at radius 2 is 1.65 bits per heavy atom. The van der Waals surface area contributed by atoms with E-state index in [1.54, 1.807) is 0 Å². The highest BCUT2D eigenvalue weighted by Crippen LogP contribution is 2.47. The van der Waals surface area contributed by atoms with E-state index in [0.717, 1.165) is 46.8 Å². The van der Waals surface area contributed by atoms with Crippen molar-refractivity contribution < 1.29 is 4.79 Å². The van der Waals surface area contributed by atoms with Crippen molar-refractivity contribution in [3.05, 3.63) is 82.7 Å². The van der Waals surface area contributed by atoms with E-state index in [-0.39, 0.29) is 17.2 Å². The molecule has 1 aliphatic heterocycles. The van der Waals surface area contributed by atoms with Gasteiger partial charge in [0.15, 0.2) is 5.78 Å². The van der Waals surface area contributed by atoms with Gasteiger partial charge in [0.2, 0.25) is 0 Å². The van der Waals surface area contributed by atoms with Gasteiger partial charge < -0.3 is 5.32 Å². The second-order valence-corrected chi connectivity index (χ2v) is 9.65. The van der Waals surface area contributed by atoms with Gasteiger partial charge in [0.1, 0.15) is 5.82 Å². The molecule has 4 nitrogen and oxygen atoms in total. The number of benzene rings is 2. The number of anilines is 1. The van der Waals surface area contributed by atoms with Crippen molar-refractivity contribution in [3.8, 4) is 11.1 Å². The molecule has 1 aliphatic carbocycles. The van der Waals surface area contributed by atoms with E-state index in [2.05, 4.69) is 86.2 Å². The zero-order chi connectivity index (χ0) is 21.8. The fourth-order valence-corrected chi connectivity index (χ4v) is 4.94. The molecule has 0 bridgehead atoms. The van der Waals surface area contributed by atoms with Gasteiger partial charge in [-0.2, -0.15) is 5.10 Å². The Hall–Kier alpha value is -3.14. The SMILES string of the molecule is Cc1nn(C(C)(C)C)c2c1[C@@H](c1ccc(-c3ccccc3)cc1)C1=C(CCCC1=O)N2. The van der Waals surface area contributed by atoms with Gasteiger partial charge in [-0.05, 0) is 57.2 Å². The maximum atomic E-state index is 13.1. The number of hydrogen-bond acceptors (Lipinski definition) is 3. The quantitative estimate of drug-likeness (QED) is 0.548.